The average Bonchev–Trinajstić information content (AvgIpc) is 3.57. The average molecular weight is 517 g/mol. The Labute approximate surface area is 213 Å². The fourth-order valence-electron chi connectivity index (χ4n) is 3.99. The van der Waals surface area contributed by atoms with E-state index in [1.54, 1.807) is 12.1 Å². The van der Waals surface area contributed by atoms with E-state index in [9.17, 15) is 34.5 Å². The second kappa shape index (κ2) is 12.8. The number of carboxylic acids is 1. The minimum absolute atomic E-state index is 0.0397. The first kappa shape index (κ1) is 27.6. The molecule has 0 bridgehead atoms. The van der Waals surface area contributed by atoms with Gasteiger partial charge in [0.1, 0.15) is 23.9 Å². The maximum atomic E-state index is 13.2. The van der Waals surface area contributed by atoms with Gasteiger partial charge < -0.3 is 41.6 Å². The molecule has 1 aliphatic heterocycles. The summed E-state index contributed by atoms with van der Waals surface area (Å²) < 4.78 is 0. The lowest BCUT2D eigenvalue weighted by atomic mass is 10.0. The van der Waals surface area contributed by atoms with Crippen LogP contribution in [0.4, 0.5) is 0 Å². The van der Waals surface area contributed by atoms with Crippen LogP contribution >= 0.6 is 0 Å². The molecule has 5 atom stereocenters. The van der Waals surface area contributed by atoms with E-state index >= 15 is 0 Å². The molecule has 0 saturated carbocycles. The third-order valence-corrected chi connectivity index (χ3v) is 6.04. The highest BCUT2D eigenvalue weighted by atomic mass is 16.4. The second-order valence-corrected chi connectivity index (χ2v) is 8.99. The van der Waals surface area contributed by atoms with Gasteiger partial charge in [0.25, 0.3) is 0 Å². The van der Waals surface area contributed by atoms with Crippen molar-refractivity contribution in [3.63, 3.8) is 0 Å². The van der Waals surface area contributed by atoms with E-state index in [1.807, 2.05) is 0 Å². The molecular formula is C24H32N6O7. The third kappa shape index (κ3) is 8.02. The van der Waals surface area contributed by atoms with Crippen LogP contribution in [0, 0.1) is 0 Å². The van der Waals surface area contributed by atoms with E-state index in [4.69, 9.17) is 0 Å². The number of hydrogen-bond donors (Lipinski definition) is 8. The van der Waals surface area contributed by atoms with Crippen LogP contribution in [0.3, 0.4) is 0 Å². The van der Waals surface area contributed by atoms with Gasteiger partial charge in [-0.3, -0.25) is 14.4 Å². The number of carbonyl (C=O) groups excluding carboxylic acids is 3. The Kier molecular flexibility index (Phi) is 9.57. The number of nitrogens with zero attached hydrogens (tertiary/aromatic N) is 1. The van der Waals surface area contributed by atoms with Gasteiger partial charge in [0, 0.05) is 24.7 Å². The normalized spacial score (nSPS) is 18.3. The van der Waals surface area contributed by atoms with Crippen molar-refractivity contribution in [2.24, 2.45) is 0 Å². The number of aliphatic hydroxyl groups is 1. The fraction of sp³-hybridized carbons (Fsp3) is 0.458. The molecule has 2 heterocycles. The molecule has 1 aliphatic rings. The van der Waals surface area contributed by atoms with Gasteiger partial charge in [0.2, 0.25) is 17.7 Å². The molecule has 3 rings (SSSR count). The summed E-state index contributed by atoms with van der Waals surface area (Å²) >= 11 is 0. The summed E-state index contributed by atoms with van der Waals surface area (Å²) in [7, 11) is 0. The number of phenols is 1. The summed E-state index contributed by atoms with van der Waals surface area (Å²) in [4.78, 5) is 57.2. The Bertz CT molecular complexity index is 1070. The lowest BCUT2D eigenvalue weighted by molar-refractivity contribution is -0.143. The van der Waals surface area contributed by atoms with Gasteiger partial charge in [-0.15, -0.1) is 0 Å². The van der Waals surface area contributed by atoms with Crippen molar-refractivity contribution in [2.45, 2.75) is 62.9 Å². The third-order valence-electron chi connectivity index (χ3n) is 6.04. The molecular weight excluding hydrogens is 484 g/mol. The summed E-state index contributed by atoms with van der Waals surface area (Å²) in [6, 6.07) is 1.71. The number of imidazole rings is 1. The lowest BCUT2D eigenvalue weighted by Gasteiger charge is -2.26. The van der Waals surface area contributed by atoms with Crippen molar-refractivity contribution in [1.82, 2.24) is 31.2 Å². The number of amides is 3. The summed E-state index contributed by atoms with van der Waals surface area (Å²) in [6.07, 6.45) is 2.83. The Morgan fingerprint density at radius 2 is 1.78 bits per heavy atom. The largest absolute Gasteiger partial charge is 0.508 e. The SMILES string of the molecule is CC(O)C(NC(=O)C(Cc1ccc(O)cc1)NC(=O)C1CCCN1)C(=O)NC(Cc1cnc[nH]1)C(=O)O. The van der Waals surface area contributed by atoms with E-state index in [0.29, 0.717) is 24.2 Å². The molecule has 2 aromatic rings. The maximum absolute atomic E-state index is 13.2. The van der Waals surface area contributed by atoms with Crippen LogP contribution < -0.4 is 21.3 Å². The number of phenolic OH excluding ortho intramolecular Hbond substituents is 1. The lowest BCUT2D eigenvalue weighted by Crippen LogP contribution is -2.60. The molecule has 13 heteroatoms. The summed E-state index contributed by atoms with van der Waals surface area (Å²) in [5.74, 6) is -3.28. The second-order valence-electron chi connectivity index (χ2n) is 8.99. The molecule has 1 fully saturated rings. The molecule has 5 unspecified atom stereocenters. The maximum Gasteiger partial charge on any atom is 0.326 e. The molecule has 0 spiro atoms. The highest BCUT2D eigenvalue weighted by Crippen LogP contribution is 2.13. The zero-order valence-electron chi connectivity index (χ0n) is 20.3. The monoisotopic (exact) mass is 516 g/mol. The van der Waals surface area contributed by atoms with Crippen LogP contribution in [0.2, 0.25) is 0 Å². The number of aromatic nitrogens is 2. The number of hydrogen-bond acceptors (Lipinski definition) is 8. The molecule has 1 aromatic carbocycles. The first-order valence-corrected chi connectivity index (χ1v) is 11.9. The van der Waals surface area contributed by atoms with Gasteiger partial charge >= 0.3 is 5.97 Å². The molecule has 0 radical (unpaired) electrons. The molecule has 3 amide bonds. The minimum atomic E-state index is -1.49. The van der Waals surface area contributed by atoms with Gasteiger partial charge in [-0.1, -0.05) is 12.1 Å². The van der Waals surface area contributed by atoms with Gasteiger partial charge in [-0.2, -0.15) is 0 Å². The highest BCUT2D eigenvalue weighted by Gasteiger charge is 2.33. The topological polar surface area (TPSA) is 206 Å². The summed E-state index contributed by atoms with van der Waals surface area (Å²) in [5.41, 5.74) is 1.11. The predicted octanol–water partition coefficient (Wildman–Crippen LogP) is -1.43. The number of carboxylic acid groups (broad SMARTS) is 1. The van der Waals surface area contributed by atoms with Crippen LogP contribution in [0.5, 0.6) is 5.75 Å². The van der Waals surface area contributed by atoms with E-state index in [-0.39, 0.29) is 24.5 Å². The smallest absolute Gasteiger partial charge is 0.326 e. The van der Waals surface area contributed by atoms with E-state index in [1.165, 1.54) is 31.6 Å². The van der Waals surface area contributed by atoms with E-state index in [0.717, 1.165) is 6.42 Å². The minimum Gasteiger partial charge on any atom is -0.508 e. The molecule has 8 N–H and O–H groups in total. The number of benzene rings is 1. The van der Waals surface area contributed by atoms with Crippen LogP contribution in [-0.2, 0) is 32.0 Å². The number of aliphatic carboxylic acids is 1. The van der Waals surface area contributed by atoms with Crippen molar-refractivity contribution in [3.8, 4) is 5.75 Å². The van der Waals surface area contributed by atoms with Crippen LogP contribution in [-0.4, -0.2) is 85.8 Å². The molecule has 200 valence electrons. The van der Waals surface area contributed by atoms with Crippen molar-refractivity contribution in [3.05, 3.63) is 48.0 Å². The van der Waals surface area contributed by atoms with Gasteiger partial charge in [-0.25, -0.2) is 9.78 Å². The first-order chi connectivity index (χ1) is 17.6. The molecule has 1 aromatic heterocycles. The van der Waals surface area contributed by atoms with Crippen molar-refractivity contribution < 1.29 is 34.5 Å². The first-order valence-electron chi connectivity index (χ1n) is 11.9. The quantitative estimate of drug-likeness (QED) is 0.166. The number of rotatable bonds is 12. The Hall–Kier alpha value is -3.97. The van der Waals surface area contributed by atoms with E-state index in [2.05, 4.69) is 31.2 Å². The van der Waals surface area contributed by atoms with Gasteiger partial charge in [0.15, 0.2) is 0 Å². The van der Waals surface area contributed by atoms with Crippen LogP contribution in [0.15, 0.2) is 36.8 Å². The number of aliphatic hydroxyl groups excluding tert-OH is 1. The Morgan fingerprint density at radius 1 is 1.05 bits per heavy atom. The van der Waals surface area contributed by atoms with Crippen LogP contribution in [0.25, 0.3) is 0 Å². The standard InChI is InChI=1S/C24H32N6O7/c1-13(31)20(23(35)29-19(24(36)37)10-15-11-25-12-27-15)30-22(34)18(9-14-4-6-16(32)7-5-14)28-21(33)17-3-2-8-26-17/h4-7,11-13,17-20,26,31-32H,2-3,8-10H2,1H3,(H,25,27)(H,28,33)(H,29,35)(H,30,34)(H,36,37). The van der Waals surface area contributed by atoms with Crippen molar-refractivity contribution in [1.29, 1.82) is 0 Å². The molecule has 1 saturated heterocycles. The molecule has 0 aliphatic carbocycles. The highest BCUT2D eigenvalue weighted by molar-refractivity contribution is 5.94. The van der Waals surface area contributed by atoms with Crippen LogP contribution in [0.1, 0.15) is 31.0 Å². The fourth-order valence-corrected chi connectivity index (χ4v) is 3.99. The number of carbonyl (C=O) groups is 4. The van der Waals surface area contributed by atoms with Gasteiger partial charge in [-0.05, 0) is 44.0 Å². The Balaban J connectivity index is 1.73. The summed E-state index contributed by atoms with van der Waals surface area (Å²) in [5, 5.41) is 39.8. The number of aromatic amines is 1. The zero-order valence-corrected chi connectivity index (χ0v) is 20.3. The zero-order chi connectivity index (χ0) is 26.9. The van der Waals surface area contributed by atoms with Crippen molar-refractivity contribution >= 4 is 23.7 Å². The van der Waals surface area contributed by atoms with Gasteiger partial charge in [0.05, 0.1) is 18.5 Å². The molecule has 13 nitrogen and oxygen atoms in total. The number of aromatic hydroxyl groups is 1. The number of H-pyrrole nitrogens is 1. The summed E-state index contributed by atoms with van der Waals surface area (Å²) in [6.45, 7) is 1.96. The van der Waals surface area contributed by atoms with E-state index < -0.39 is 48.1 Å². The molecule has 37 heavy (non-hydrogen) atoms. The van der Waals surface area contributed by atoms with Crippen molar-refractivity contribution in [2.75, 3.05) is 6.54 Å². The Morgan fingerprint density at radius 3 is 2.35 bits per heavy atom. The number of nitrogens with one attached hydrogen (secondary N) is 5. The predicted molar refractivity (Wildman–Crippen MR) is 130 cm³/mol.